The minimum absolute atomic E-state index is 0.0587. The Bertz CT molecular complexity index is 716. The maximum Gasteiger partial charge on any atom is 0.303 e. The SMILES string of the molecule is CC(c1ccccc1)c1cc(=O)[nH]c(SCCCCCC(=O)O)n1. The van der Waals surface area contributed by atoms with Crippen molar-refractivity contribution in [3.05, 3.63) is 58.0 Å². The Morgan fingerprint density at radius 2 is 2.00 bits per heavy atom. The molecule has 6 heteroatoms. The number of carboxylic acids is 1. The monoisotopic (exact) mass is 346 g/mol. The molecule has 24 heavy (non-hydrogen) atoms. The van der Waals surface area contributed by atoms with Gasteiger partial charge >= 0.3 is 5.97 Å². The van der Waals surface area contributed by atoms with Crippen LogP contribution in [0.2, 0.25) is 0 Å². The molecular weight excluding hydrogens is 324 g/mol. The zero-order valence-electron chi connectivity index (χ0n) is 13.7. The molecule has 0 fully saturated rings. The summed E-state index contributed by atoms with van der Waals surface area (Å²) in [6.45, 7) is 2.04. The fourth-order valence-electron chi connectivity index (χ4n) is 2.38. The summed E-state index contributed by atoms with van der Waals surface area (Å²) in [6.07, 6.45) is 2.67. The van der Waals surface area contributed by atoms with Gasteiger partial charge in [-0.1, -0.05) is 55.4 Å². The molecule has 1 unspecified atom stereocenters. The average molecular weight is 346 g/mol. The normalized spacial score (nSPS) is 12.0. The smallest absolute Gasteiger partial charge is 0.303 e. The largest absolute Gasteiger partial charge is 0.481 e. The van der Waals surface area contributed by atoms with E-state index in [1.165, 1.54) is 11.8 Å². The van der Waals surface area contributed by atoms with Crippen LogP contribution in [0.1, 0.15) is 49.8 Å². The molecule has 5 nitrogen and oxygen atoms in total. The van der Waals surface area contributed by atoms with Gasteiger partial charge in [-0.25, -0.2) is 4.98 Å². The predicted molar refractivity (Wildman–Crippen MR) is 95.6 cm³/mol. The predicted octanol–water partition coefficient (Wildman–Crippen LogP) is 3.66. The molecule has 1 atom stereocenters. The van der Waals surface area contributed by atoms with E-state index in [-0.39, 0.29) is 17.9 Å². The Morgan fingerprint density at radius 3 is 2.71 bits per heavy atom. The van der Waals surface area contributed by atoms with Crippen LogP contribution in [-0.4, -0.2) is 26.8 Å². The number of benzene rings is 1. The maximum atomic E-state index is 11.9. The summed E-state index contributed by atoms with van der Waals surface area (Å²) >= 11 is 1.51. The van der Waals surface area contributed by atoms with Crippen LogP contribution in [0, 0.1) is 0 Å². The number of hydrogen-bond acceptors (Lipinski definition) is 4. The van der Waals surface area contributed by atoms with Crippen LogP contribution in [0.4, 0.5) is 0 Å². The zero-order chi connectivity index (χ0) is 17.4. The van der Waals surface area contributed by atoms with E-state index in [0.717, 1.165) is 29.9 Å². The Hall–Kier alpha value is -2.08. The van der Waals surface area contributed by atoms with Gasteiger partial charge in [0.15, 0.2) is 5.16 Å². The van der Waals surface area contributed by atoms with Crippen LogP contribution in [0.25, 0.3) is 0 Å². The van der Waals surface area contributed by atoms with E-state index in [4.69, 9.17) is 5.11 Å². The summed E-state index contributed by atoms with van der Waals surface area (Å²) in [4.78, 5) is 29.7. The molecule has 0 saturated carbocycles. The van der Waals surface area contributed by atoms with Gasteiger partial charge in [0.2, 0.25) is 0 Å². The third-order valence-corrected chi connectivity index (χ3v) is 4.72. The molecule has 0 bridgehead atoms. The zero-order valence-corrected chi connectivity index (χ0v) is 14.5. The molecule has 1 aromatic carbocycles. The average Bonchev–Trinajstić information content (AvgIpc) is 2.57. The number of carbonyl (C=O) groups is 1. The fourth-order valence-corrected chi connectivity index (χ4v) is 3.26. The summed E-state index contributed by atoms with van der Waals surface area (Å²) in [5.74, 6) is 0.116. The highest BCUT2D eigenvalue weighted by Crippen LogP contribution is 2.23. The lowest BCUT2D eigenvalue weighted by atomic mass is 9.98. The molecule has 1 aromatic heterocycles. The molecule has 1 heterocycles. The standard InChI is InChI=1S/C18H22N2O3S/c1-13(14-8-4-2-5-9-14)15-12-16(21)20-18(19-15)24-11-7-3-6-10-17(22)23/h2,4-5,8-9,12-13H,3,6-7,10-11H2,1H3,(H,22,23)(H,19,20,21). The number of unbranched alkanes of at least 4 members (excludes halogenated alkanes) is 2. The number of aromatic amines is 1. The van der Waals surface area contributed by atoms with Crippen LogP contribution in [0.15, 0.2) is 46.3 Å². The van der Waals surface area contributed by atoms with Crippen molar-refractivity contribution in [3.63, 3.8) is 0 Å². The fraction of sp³-hybridized carbons (Fsp3) is 0.389. The number of aromatic nitrogens is 2. The number of nitrogens with one attached hydrogen (secondary N) is 1. The quantitative estimate of drug-likeness (QED) is 0.411. The number of carboxylic acid groups (broad SMARTS) is 1. The number of thioether (sulfide) groups is 1. The lowest BCUT2D eigenvalue weighted by Crippen LogP contribution is -2.12. The van der Waals surface area contributed by atoms with E-state index in [1.807, 2.05) is 37.3 Å². The molecule has 0 aliphatic rings. The molecule has 0 amide bonds. The van der Waals surface area contributed by atoms with Crippen molar-refractivity contribution >= 4 is 17.7 Å². The van der Waals surface area contributed by atoms with Crippen LogP contribution in [0.3, 0.4) is 0 Å². The van der Waals surface area contributed by atoms with E-state index in [9.17, 15) is 9.59 Å². The second kappa shape index (κ2) is 9.27. The van der Waals surface area contributed by atoms with E-state index in [0.29, 0.717) is 11.6 Å². The lowest BCUT2D eigenvalue weighted by molar-refractivity contribution is -0.137. The molecule has 0 spiro atoms. The first-order valence-electron chi connectivity index (χ1n) is 8.07. The molecule has 0 aliphatic heterocycles. The van der Waals surface area contributed by atoms with Gasteiger partial charge in [-0.3, -0.25) is 9.59 Å². The number of rotatable bonds is 9. The highest BCUT2D eigenvalue weighted by molar-refractivity contribution is 7.99. The molecule has 0 radical (unpaired) electrons. The van der Waals surface area contributed by atoms with E-state index in [2.05, 4.69) is 9.97 Å². The van der Waals surface area contributed by atoms with E-state index in [1.54, 1.807) is 6.07 Å². The number of H-pyrrole nitrogens is 1. The second-order valence-electron chi connectivity index (χ2n) is 5.66. The van der Waals surface area contributed by atoms with Gasteiger partial charge in [0.1, 0.15) is 0 Å². The summed E-state index contributed by atoms with van der Waals surface area (Å²) < 4.78 is 0. The van der Waals surface area contributed by atoms with E-state index < -0.39 is 5.97 Å². The van der Waals surface area contributed by atoms with Gasteiger partial charge in [-0.05, 0) is 18.4 Å². The molecule has 2 N–H and O–H groups in total. The van der Waals surface area contributed by atoms with Crippen molar-refractivity contribution in [2.45, 2.75) is 43.7 Å². The van der Waals surface area contributed by atoms with Crippen molar-refractivity contribution in [2.24, 2.45) is 0 Å². The Kier molecular flexibility index (Phi) is 7.06. The van der Waals surface area contributed by atoms with Crippen molar-refractivity contribution in [3.8, 4) is 0 Å². The Labute approximate surface area is 145 Å². The molecule has 2 rings (SSSR count). The Morgan fingerprint density at radius 1 is 1.25 bits per heavy atom. The molecule has 0 aliphatic carbocycles. The highest BCUT2D eigenvalue weighted by atomic mass is 32.2. The maximum absolute atomic E-state index is 11.9. The number of nitrogens with zero attached hydrogens (tertiary/aromatic N) is 1. The summed E-state index contributed by atoms with van der Waals surface area (Å²) in [5, 5.41) is 9.22. The molecule has 2 aromatic rings. The van der Waals surface area contributed by atoms with Crippen molar-refractivity contribution in [1.82, 2.24) is 9.97 Å². The summed E-state index contributed by atoms with van der Waals surface area (Å²) in [7, 11) is 0. The van der Waals surface area contributed by atoms with Gasteiger partial charge in [-0.15, -0.1) is 0 Å². The van der Waals surface area contributed by atoms with Crippen molar-refractivity contribution in [2.75, 3.05) is 5.75 Å². The first kappa shape index (κ1) is 18.3. The van der Waals surface area contributed by atoms with Crippen LogP contribution in [-0.2, 0) is 4.79 Å². The van der Waals surface area contributed by atoms with Crippen molar-refractivity contribution < 1.29 is 9.90 Å². The minimum Gasteiger partial charge on any atom is -0.481 e. The van der Waals surface area contributed by atoms with Gasteiger partial charge in [-0.2, -0.15) is 0 Å². The Balaban J connectivity index is 1.94. The first-order chi connectivity index (χ1) is 11.6. The van der Waals surface area contributed by atoms with Crippen molar-refractivity contribution in [1.29, 1.82) is 0 Å². The van der Waals surface area contributed by atoms with Crippen LogP contribution < -0.4 is 5.56 Å². The third-order valence-electron chi connectivity index (χ3n) is 3.76. The van der Waals surface area contributed by atoms with Crippen LogP contribution >= 0.6 is 11.8 Å². The molecular formula is C18H22N2O3S. The van der Waals surface area contributed by atoms with E-state index >= 15 is 0 Å². The summed E-state index contributed by atoms with van der Waals surface area (Å²) in [5.41, 5.74) is 1.75. The van der Waals surface area contributed by atoms with Gasteiger partial charge in [0.05, 0.1) is 5.69 Å². The third kappa shape index (κ3) is 5.85. The number of aliphatic carboxylic acids is 1. The second-order valence-corrected chi connectivity index (χ2v) is 6.74. The lowest BCUT2D eigenvalue weighted by Gasteiger charge is -2.12. The van der Waals surface area contributed by atoms with Gasteiger partial charge in [0.25, 0.3) is 5.56 Å². The highest BCUT2D eigenvalue weighted by Gasteiger charge is 2.12. The van der Waals surface area contributed by atoms with Crippen LogP contribution in [0.5, 0.6) is 0 Å². The first-order valence-corrected chi connectivity index (χ1v) is 9.05. The molecule has 128 valence electrons. The minimum atomic E-state index is -0.753. The topological polar surface area (TPSA) is 83.0 Å². The summed E-state index contributed by atoms with van der Waals surface area (Å²) in [6, 6.07) is 11.5. The van der Waals surface area contributed by atoms with Gasteiger partial charge < -0.3 is 10.1 Å². The number of hydrogen-bond donors (Lipinski definition) is 2. The molecule has 0 saturated heterocycles. The van der Waals surface area contributed by atoms with Gasteiger partial charge in [0, 0.05) is 24.2 Å².